The molecule has 1 aromatic heterocycles. The number of nitrogens with one attached hydrogen (secondary N) is 1. The summed E-state index contributed by atoms with van der Waals surface area (Å²) >= 11 is 0. The molecule has 1 heterocycles. The molecule has 1 atom stereocenters. The standard InChI is InChI=1S/C21H19F8N3O/c22-14-6-4-12(5-7-14)17-16(11-2-1-3-11)18(32(31-17)10-20(25,26)27)30-15(33)8-13-9-19(23,24)21(13,28)29/h4-7,11,13H,1-3,8-10H2,(H,30,33)/t13-/m1/s1. The molecule has 2 aromatic rings. The highest BCUT2D eigenvalue weighted by atomic mass is 19.4. The van der Waals surface area contributed by atoms with Gasteiger partial charge in [0.15, 0.2) is 0 Å². The zero-order chi connectivity index (χ0) is 24.2. The zero-order valence-electron chi connectivity index (χ0n) is 17.0. The van der Waals surface area contributed by atoms with Gasteiger partial charge in [-0.05, 0) is 43.0 Å². The maximum absolute atomic E-state index is 13.6. The fraction of sp³-hybridized carbons (Fsp3) is 0.524. The molecule has 2 aliphatic rings. The van der Waals surface area contributed by atoms with Crippen molar-refractivity contribution in [2.75, 3.05) is 5.32 Å². The van der Waals surface area contributed by atoms with Crippen LogP contribution in [0, 0.1) is 11.7 Å². The molecule has 0 radical (unpaired) electrons. The molecule has 1 aromatic carbocycles. The molecular weight excluding hydrogens is 462 g/mol. The van der Waals surface area contributed by atoms with Crippen molar-refractivity contribution >= 4 is 11.7 Å². The Kier molecular flexibility index (Phi) is 5.68. The predicted molar refractivity (Wildman–Crippen MR) is 102 cm³/mol. The van der Waals surface area contributed by atoms with Gasteiger partial charge in [-0.15, -0.1) is 0 Å². The number of rotatable bonds is 6. The van der Waals surface area contributed by atoms with Crippen LogP contribution in [0.3, 0.4) is 0 Å². The Morgan fingerprint density at radius 1 is 1.12 bits per heavy atom. The van der Waals surface area contributed by atoms with Crippen LogP contribution in [0.2, 0.25) is 0 Å². The molecule has 0 spiro atoms. The van der Waals surface area contributed by atoms with Gasteiger partial charge in [0, 0.05) is 29.9 Å². The van der Waals surface area contributed by atoms with Crippen molar-refractivity contribution in [2.45, 2.75) is 62.6 Å². The summed E-state index contributed by atoms with van der Waals surface area (Å²) in [5, 5.41) is 6.23. The van der Waals surface area contributed by atoms with Crippen LogP contribution >= 0.6 is 0 Å². The first-order valence-corrected chi connectivity index (χ1v) is 10.3. The summed E-state index contributed by atoms with van der Waals surface area (Å²) in [6, 6.07) is 4.89. The van der Waals surface area contributed by atoms with Crippen molar-refractivity contribution in [2.24, 2.45) is 5.92 Å². The first kappa shape index (κ1) is 23.5. The molecule has 4 nitrogen and oxygen atoms in total. The zero-order valence-corrected chi connectivity index (χ0v) is 17.0. The molecule has 0 saturated heterocycles. The van der Waals surface area contributed by atoms with Gasteiger partial charge in [0.2, 0.25) is 5.91 Å². The lowest BCUT2D eigenvalue weighted by Gasteiger charge is -2.43. The minimum atomic E-state index is -4.72. The van der Waals surface area contributed by atoms with Crippen molar-refractivity contribution in [3.8, 4) is 11.3 Å². The summed E-state index contributed by atoms with van der Waals surface area (Å²) in [5.74, 6) is -12.7. The van der Waals surface area contributed by atoms with Gasteiger partial charge in [-0.3, -0.25) is 4.79 Å². The van der Waals surface area contributed by atoms with Crippen LogP contribution < -0.4 is 5.32 Å². The maximum Gasteiger partial charge on any atom is 0.408 e. The second-order valence-corrected chi connectivity index (χ2v) is 8.50. The van der Waals surface area contributed by atoms with Crippen molar-refractivity contribution in [1.82, 2.24) is 9.78 Å². The van der Waals surface area contributed by atoms with E-state index in [-0.39, 0.29) is 23.0 Å². The minimum absolute atomic E-state index is 0.111. The molecule has 0 bridgehead atoms. The predicted octanol–water partition coefficient (Wildman–Crippen LogP) is 6.14. The first-order chi connectivity index (χ1) is 15.3. The molecule has 180 valence electrons. The Morgan fingerprint density at radius 2 is 1.76 bits per heavy atom. The SMILES string of the molecule is O=C(C[C@@H]1CC(F)(F)C1(F)F)Nc1c(C2CCC2)c(-c2ccc(F)cc2)nn1CC(F)(F)F. The Balaban J connectivity index is 1.69. The second kappa shape index (κ2) is 7.98. The fourth-order valence-electron chi connectivity index (χ4n) is 4.14. The molecule has 1 N–H and O–H groups in total. The average Bonchev–Trinajstić information content (AvgIpc) is 2.96. The van der Waals surface area contributed by atoms with E-state index in [0.717, 1.165) is 18.6 Å². The largest absolute Gasteiger partial charge is 0.408 e. The van der Waals surface area contributed by atoms with Crippen LogP contribution in [-0.4, -0.2) is 33.7 Å². The van der Waals surface area contributed by atoms with E-state index in [4.69, 9.17) is 0 Å². The van der Waals surface area contributed by atoms with E-state index < -0.39 is 55.1 Å². The quantitative estimate of drug-likeness (QED) is 0.504. The normalized spacial score (nSPS) is 21.9. The van der Waals surface area contributed by atoms with Crippen LogP contribution in [0.15, 0.2) is 24.3 Å². The number of nitrogens with zero attached hydrogens (tertiary/aromatic N) is 2. The third-order valence-corrected chi connectivity index (χ3v) is 6.14. The lowest BCUT2D eigenvalue weighted by atomic mass is 9.74. The molecule has 0 aliphatic heterocycles. The number of hydrogen-bond acceptors (Lipinski definition) is 2. The number of amides is 1. The highest BCUT2D eigenvalue weighted by molar-refractivity contribution is 5.92. The summed E-state index contributed by atoms with van der Waals surface area (Å²) in [7, 11) is 0. The number of aromatic nitrogens is 2. The molecule has 2 aliphatic carbocycles. The van der Waals surface area contributed by atoms with E-state index in [2.05, 4.69) is 10.4 Å². The average molecular weight is 481 g/mol. The summed E-state index contributed by atoms with van der Waals surface area (Å²) in [4.78, 5) is 12.4. The molecule has 2 fully saturated rings. The number of carbonyl (C=O) groups excluding carboxylic acids is 1. The van der Waals surface area contributed by atoms with Crippen LogP contribution in [0.1, 0.15) is 43.6 Å². The second-order valence-electron chi connectivity index (χ2n) is 8.50. The Hall–Kier alpha value is -2.66. The Morgan fingerprint density at radius 3 is 2.24 bits per heavy atom. The molecule has 33 heavy (non-hydrogen) atoms. The number of alkyl halides is 7. The van der Waals surface area contributed by atoms with Gasteiger partial charge in [0.1, 0.15) is 18.2 Å². The molecule has 12 heteroatoms. The number of hydrogen-bond donors (Lipinski definition) is 1. The summed E-state index contributed by atoms with van der Waals surface area (Å²) in [6.45, 7) is -1.57. The van der Waals surface area contributed by atoms with Crippen molar-refractivity contribution in [1.29, 1.82) is 0 Å². The van der Waals surface area contributed by atoms with Gasteiger partial charge in [-0.1, -0.05) is 6.42 Å². The van der Waals surface area contributed by atoms with Crippen LogP contribution in [-0.2, 0) is 11.3 Å². The van der Waals surface area contributed by atoms with Gasteiger partial charge < -0.3 is 5.32 Å². The molecule has 2 saturated carbocycles. The van der Waals surface area contributed by atoms with Crippen LogP contribution in [0.25, 0.3) is 11.3 Å². The topological polar surface area (TPSA) is 46.9 Å². The van der Waals surface area contributed by atoms with E-state index in [1.807, 2.05) is 0 Å². The van der Waals surface area contributed by atoms with Gasteiger partial charge in [0.05, 0.1) is 5.69 Å². The van der Waals surface area contributed by atoms with E-state index >= 15 is 0 Å². The third kappa shape index (κ3) is 4.43. The summed E-state index contributed by atoms with van der Waals surface area (Å²) < 4.78 is 107. The molecule has 4 rings (SSSR count). The number of anilines is 1. The Labute approximate surface area is 182 Å². The lowest BCUT2D eigenvalue weighted by molar-refractivity contribution is -0.313. The monoisotopic (exact) mass is 481 g/mol. The molecule has 1 amide bonds. The van der Waals surface area contributed by atoms with Gasteiger partial charge in [0.25, 0.3) is 0 Å². The van der Waals surface area contributed by atoms with E-state index in [0.29, 0.717) is 23.1 Å². The van der Waals surface area contributed by atoms with Crippen molar-refractivity contribution in [3.63, 3.8) is 0 Å². The first-order valence-electron chi connectivity index (χ1n) is 10.3. The highest BCUT2D eigenvalue weighted by Crippen LogP contribution is 2.56. The van der Waals surface area contributed by atoms with Gasteiger partial charge in [-0.25, -0.2) is 9.07 Å². The van der Waals surface area contributed by atoms with E-state index in [9.17, 15) is 39.9 Å². The Bertz CT molecular complexity index is 1040. The highest BCUT2D eigenvalue weighted by Gasteiger charge is 2.71. The third-order valence-electron chi connectivity index (χ3n) is 6.14. The number of benzene rings is 1. The van der Waals surface area contributed by atoms with Crippen LogP contribution in [0.4, 0.5) is 40.9 Å². The van der Waals surface area contributed by atoms with Crippen molar-refractivity contribution < 1.29 is 39.9 Å². The minimum Gasteiger partial charge on any atom is -0.311 e. The van der Waals surface area contributed by atoms with E-state index in [1.165, 1.54) is 12.1 Å². The van der Waals surface area contributed by atoms with Crippen molar-refractivity contribution in [3.05, 3.63) is 35.6 Å². The number of carbonyl (C=O) groups is 1. The summed E-state index contributed by atoms with van der Waals surface area (Å²) in [6.07, 6.45) is -4.90. The maximum atomic E-state index is 13.6. The van der Waals surface area contributed by atoms with Gasteiger partial charge >= 0.3 is 18.0 Å². The van der Waals surface area contributed by atoms with Gasteiger partial charge in [-0.2, -0.15) is 35.8 Å². The lowest BCUT2D eigenvalue weighted by Crippen LogP contribution is -2.59. The molecular formula is C21H19F8N3O. The number of halogens is 8. The van der Waals surface area contributed by atoms with Crippen LogP contribution in [0.5, 0.6) is 0 Å². The van der Waals surface area contributed by atoms with E-state index in [1.54, 1.807) is 0 Å². The molecule has 0 unspecified atom stereocenters. The fourth-order valence-corrected chi connectivity index (χ4v) is 4.14. The summed E-state index contributed by atoms with van der Waals surface area (Å²) in [5.41, 5.74) is 0.718. The smallest absolute Gasteiger partial charge is 0.311 e.